The number of aromatic nitrogens is 3. The molecule has 2 aromatic heterocycles. The Kier molecular flexibility index (Phi) is 8.79. The van der Waals surface area contributed by atoms with Crippen LogP contribution in [0.1, 0.15) is 69.7 Å². The Labute approximate surface area is 232 Å². The number of H-pyrrole nitrogens is 1. The van der Waals surface area contributed by atoms with E-state index in [-0.39, 0.29) is 28.5 Å². The number of anilines is 1. The SMILES string of the molecule is CC(C)[C@H](NC(=O)c1ccc(Cl)cc1Cl)c1nc(SCC(=O)Nc2sc3c(c2C(N)=O)CCCC3)n[nH]1. The Bertz CT molecular complexity index is 1340. The molecule has 1 aliphatic carbocycles. The normalized spacial score (nSPS) is 13.8. The van der Waals surface area contributed by atoms with Crippen molar-refractivity contribution >= 4 is 69.0 Å². The molecule has 0 fully saturated rings. The Morgan fingerprint density at radius 2 is 1.97 bits per heavy atom. The molecule has 4 rings (SSSR count). The lowest BCUT2D eigenvalue weighted by molar-refractivity contribution is -0.113. The molecule has 1 atom stereocenters. The van der Waals surface area contributed by atoms with Gasteiger partial charge in [0.1, 0.15) is 10.8 Å². The molecule has 13 heteroatoms. The van der Waals surface area contributed by atoms with Gasteiger partial charge < -0.3 is 16.4 Å². The van der Waals surface area contributed by atoms with Gasteiger partial charge in [0.2, 0.25) is 11.1 Å². The van der Waals surface area contributed by atoms with Crippen LogP contribution in [0.4, 0.5) is 5.00 Å². The molecule has 3 aromatic rings. The number of carbonyl (C=O) groups is 3. The Balaban J connectivity index is 1.39. The van der Waals surface area contributed by atoms with Crippen LogP contribution >= 0.6 is 46.3 Å². The van der Waals surface area contributed by atoms with E-state index in [1.54, 1.807) is 12.1 Å². The predicted octanol–water partition coefficient (Wildman–Crippen LogP) is 5.01. The summed E-state index contributed by atoms with van der Waals surface area (Å²) in [4.78, 5) is 43.1. The highest BCUT2D eigenvalue weighted by atomic mass is 35.5. The number of nitrogens with zero attached hydrogens (tertiary/aromatic N) is 2. The van der Waals surface area contributed by atoms with Crippen molar-refractivity contribution in [1.82, 2.24) is 20.5 Å². The van der Waals surface area contributed by atoms with E-state index in [9.17, 15) is 14.4 Å². The van der Waals surface area contributed by atoms with E-state index in [0.717, 1.165) is 47.9 Å². The first kappa shape index (κ1) is 27.4. The van der Waals surface area contributed by atoms with Crippen molar-refractivity contribution in [3.8, 4) is 0 Å². The number of carbonyl (C=O) groups excluding carboxylic acids is 3. The second-order valence-corrected chi connectivity index (χ2v) is 11.8. The van der Waals surface area contributed by atoms with Gasteiger partial charge in [-0.1, -0.05) is 48.8 Å². The average Bonchev–Trinajstić information content (AvgIpc) is 3.45. The zero-order valence-corrected chi connectivity index (χ0v) is 23.3. The summed E-state index contributed by atoms with van der Waals surface area (Å²) in [5.74, 6) is -0.697. The zero-order valence-electron chi connectivity index (χ0n) is 20.2. The second kappa shape index (κ2) is 11.8. The van der Waals surface area contributed by atoms with Gasteiger partial charge >= 0.3 is 0 Å². The number of nitrogens with two attached hydrogens (primary N) is 1. The van der Waals surface area contributed by atoms with Crippen molar-refractivity contribution in [2.24, 2.45) is 11.7 Å². The minimum Gasteiger partial charge on any atom is -0.365 e. The van der Waals surface area contributed by atoms with Crippen LogP contribution in [0.15, 0.2) is 23.4 Å². The molecule has 196 valence electrons. The zero-order chi connectivity index (χ0) is 26.7. The van der Waals surface area contributed by atoms with Gasteiger partial charge in [0.15, 0.2) is 0 Å². The number of aryl methyl sites for hydroxylation is 1. The molecule has 3 amide bonds. The summed E-state index contributed by atoms with van der Waals surface area (Å²) >= 11 is 14.7. The summed E-state index contributed by atoms with van der Waals surface area (Å²) < 4.78 is 0. The van der Waals surface area contributed by atoms with Crippen molar-refractivity contribution in [3.63, 3.8) is 0 Å². The monoisotopic (exact) mass is 580 g/mol. The van der Waals surface area contributed by atoms with E-state index < -0.39 is 11.9 Å². The predicted molar refractivity (Wildman–Crippen MR) is 147 cm³/mol. The summed E-state index contributed by atoms with van der Waals surface area (Å²) in [6, 6.07) is 4.20. The Hall–Kier alpha value is -2.60. The van der Waals surface area contributed by atoms with Crippen LogP contribution in [0.5, 0.6) is 0 Å². The minimum absolute atomic E-state index is 0.0128. The first-order valence-corrected chi connectivity index (χ1v) is 14.2. The second-order valence-electron chi connectivity index (χ2n) is 8.94. The van der Waals surface area contributed by atoms with Crippen LogP contribution in [-0.2, 0) is 17.6 Å². The third-order valence-corrected chi connectivity index (χ3v) is 8.51. The molecule has 5 N–H and O–H groups in total. The molecule has 9 nitrogen and oxygen atoms in total. The highest BCUT2D eigenvalue weighted by Gasteiger charge is 2.26. The summed E-state index contributed by atoms with van der Waals surface area (Å²) in [5.41, 5.74) is 7.30. The lowest BCUT2D eigenvalue weighted by atomic mass is 9.95. The molecule has 0 saturated heterocycles. The maximum Gasteiger partial charge on any atom is 0.253 e. The maximum atomic E-state index is 12.8. The van der Waals surface area contributed by atoms with Gasteiger partial charge in [0.25, 0.3) is 11.8 Å². The van der Waals surface area contributed by atoms with Crippen LogP contribution in [0.25, 0.3) is 0 Å². The molecule has 0 aliphatic heterocycles. The maximum absolute atomic E-state index is 12.8. The smallest absolute Gasteiger partial charge is 0.253 e. The number of thiophene rings is 1. The number of hydrogen-bond acceptors (Lipinski definition) is 7. The van der Waals surface area contributed by atoms with Crippen LogP contribution < -0.4 is 16.4 Å². The summed E-state index contributed by atoms with van der Waals surface area (Å²) in [6.07, 6.45) is 3.76. The van der Waals surface area contributed by atoms with E-state index in [4.69, 9.17) is 28.9 Å². The lowest BCUT2D eigenvalue weighted by Crippen LogP contribution is -2.32. The van der Waals surface area contributed by atoms with Crippen LogP contribution in [0.3, 0.4) is 0 Å². The summed E-state index contributed by atoms with van der Waals surface area (Å²) in [5, 5.41) is 14.4. The molecule has 2 heterocycles. The van der Waals surface area contributed by atoms with Crippen molar-refractivity contribution in [3.05, 3.63) is 55.6 Å². The summed E-state index contributed by atoms with van der Waals surface area (Å²) in [7, 11) is 0. The topological polar surface area (TPSA) is 143 Å². The summed E-state index contributed by atoms with van der Waals surface area (Å²) in [6.45, 7) is 3.88. The molecule has 0 unspecified atom stereocenters. The third-order valence-electron chi connectivity index (χ3n) is 5.91. The van der Waals surface area contributed by atoms with Crippen LogP contribution in [-0.4, -0.2) is 38.7 Å². The average molecular weight is 582 g/mol. The Morgan fingerprint density at radius 3 is 2.68 bits per heavy atom. The number of rotatable bonds is 9. The highest BCUT2D eigenvalue weighted by Crippen LogP contribution is 2.38. The van der Waals surface area contributed by atoms with Crippen LogP contribution in [0.2, 0.25) is 10.0 Å². The van der Waals surface area contributed by atoms with E-state index in [2.05, 4.69) is 25.8 Å². The fourth-order valence-corrected chi connectivity index (χ4v) is 6.52. The largest absolute Gasteiger partial charge is 0.365 e. The molecule has 0 spiro atoms. The van der Waals surface area contributed by atoms with Gasteiger partial charge in [-0.05, 0) is 55.4 Å². The molecule has 0 radical (unpaired) electrons. The fraction of sp³-hybridized carbons (Fsp3) is 0.375. The van der Waals surface area contributed by atoms with Gasteiger partial charge in [-0.2, -0.15) is 0 Å². The number of nitrogens with one attached hydrogen (secondary N) is 3. The van der Waals surface area contributed by atoms with Gasteiger partial charge in [0.05, 0.1) is 27.9 Å². The number of primary amides is 1. The molecule has 1 aliphatic rings. The van der Waals surface area contributed by atoms with Gasteiger partial charge in [-0.25, -0.2) is 4.98 Å². The van der Waals surface area contributed by atoms with Gasteiger partial charge in [-0.15, -0.1) is 16.4 Å². The number of fused-ring (bicyclic) bond motifs is 1. The van der Waals surface area contributed by atoms with E-state index in [1.807, 2.05) is 13.8 Å². The lowest BCUT2D eigenvalue weighted by Gasteiger charge is -2.20. The molecular weight excluding hydrogens is 555 g/mol. The molecule has 0 bridgehead atoms. The van der Waals surface area contributed by atoms with E-state index >= 15 is 0 Å². The number of halogens is 2. The number of hydrogen-bond donors (Lipinski definition) is 4. The van der Waals surface area contributed by atoms with Crippen LogP contribution in [0, 0.1) is 5.92 Å². The third kappa shape index (κ3) is 6.46. The number of aromatic amines is 1. The van der Waals surface area contributed by atoms with Gasteiger partial charge in [-0.3, -0.25) is 19.5 Å². The van der Waals surface area contributed by atoms with Crippen molar-refractivity contribution in [2.45, 2.75) is 50.7 Å². The first-order valence-electron chi connectivity index (χ1n) is 11.7. The Morgan fingerprint density at radius 1 is 1.22 bits per heavy atom. The molecular formula is C24H26Cl2N6O3S2. The highest BCUT2D eigenvalue weighted by molar-refractivity contribution is 7.99. The molecule has 0 saturated carbocycles. The molecule has 37 heavy (non-hydrogen) atoms. The van der Waals surface area contributed by atoms with Crippen molar-refractivity contribution < 1.29 is 14.4 Å². The van der Waals surface area contributed by atoms with E-state index in [1.165, 1.54) is 17.4 Å². The minimum atomic E-state index is -0.525. The quantitative estimate of drug-likeness (QED) is 0.262. The number of benzene rings is 1. The first-order chi connectivity index (χ1) is 17.6. The van der Waals surface area contributed by atoms with Crippen molar-refractivity contribution in [2.75, 3.05) is 11.1 Å². The molecule has 1 aromatic carbocycles. The number of amides is 3. The number of thioether (sulfide) groups is 1. The standard InChI is InChI=1S/C24H26Cl2N6O3S2/c1-11(2)19(29-22(35)13-8-7-12(25)9-15(13)26)21-30-24(32-31-21)36-10-17(33)28-23-18(20(27)34)14-5-3-4-6-16(14)37-23/h7-9,11,19H,3-6,10H2,1-2H3,(H2,27,34)(H,28,33)(H,29,35)(H,30,31,32)/t19-/m0/s1. The van der Waals surface area contributed by atoms with Gasteiger partial charge in [0, 0.05) is 9.90 Å². The fourth-order valence-electron chi connectivity index (χ4n) is 4.11. The van der Waals surface area contributed by atoms with Crippen molar-refractivity contribution in [1.29, 1.82) is 0 Å². The van der Waals surface area contributed by atoms with E-state index in [0.29, 0.717) is 32.1 Å².